The second-order valence-corrected chi connectivity index (χ2v) is 7.59. The summed E-state index contributed by atoms with van der Waals surface area (Å²) in [4.78, 5) is 32.4. The van der Waals surface area contributed by atoms with Crippen molar-refractivity contribution >= 4 is 34.4 Å². The van der Waals surface area contributed by atoms with E-state index in [9.17, 15) is 9.59 Å². The first-order valence-electron chi connectivity index (χ1n) is 9.74. The molecule has 29 heavy (non-hydrogen) atoms. The van der Waals surface area contributed by atoms with E-state index in [0.29, 0.717) is 33.1 Å². The van der Waals surface area contributed by atoms with Gasteiger partial charge in [0.2, 0.25) is 5.95 Å². The maximum Gasteiger partial charge on any atom is 0.337 e. The first kappa shape index (κ1) is 19.5. The Hall–Kier alpha value is -2.86. The zero-order valence-electron chi connectivity index (χ0n) is 16.2. The fraction of sp³-hybridized carbons (Fsp3) is 0.318. The summed E-state index contributed by atoms with van der Waals surface area (Å²) in [6.07, 6.45) is 4.42. The Kier molecular flexibility index (Phi) is 5.53. The summed E-state index contributed by atoms with van der Waals surface area (Å²) in [5.74, 6) is 0.123. The van der Waals surface area contributed by atoms with E-state index in [-0.39, 0.29) is 5.56 Å². The maximum atomic E-state index is 13.5. The molecule has 3 aromatic rings. The molecule has 150 valence electrons. The summed E-state index contributed by atoms with van der Waals surface area (Å²) in [6, 6.07) is 12.0. The van der Waals surface area contributed by atoms with E-state index in [2.05, 4.69) is 4.90 Å². The Morgan fingerprint density at radius 1 is 1.07 bits per heavy atom. The summed E-state index contributed by atoms with van der Waals surface area (Å²) in [7, 11) is 1.33. The van der Waals surface area contributed by atoms with E-state index in [1.54, 1.807) is 34.9 Å². The van der Waals surface area contributed by atoms with Crippen LogP contribution < -0.4 is 10.5 Å². The molecule has 0 aliphatic carbocycles. The summed E-state index contributed by atoms with van der Waals surface area (Å²) < 4.78 is 6.43. The van der Waals surface area contributed by atoms with Crippen molar-refractivity contribution in [1.82, 2.24) is 9.55 Å². The molecule has 1 aliphatic heterocycles. The van der Waals surface area contributed by atoms with Gasteiger partial charge in [0.15, 0.2) is 0 Å². The molecule has 0 atom stereocenters. The third-order valence-electron chi connectivity index (χ3n) is 5.23. The molecule has 0 amide bonds. The zero-order chi connectivity index (χ0) is 20.4. The van der Waals surface area contributed by atoms with Crippen molar-refractivity contribution in [2.75, 3.05) is 25.1 Å². The van der Waals surface area contributed by atoms with Crippen LogP contribution in [-0.4, -0.2) is 35.7 Å². The Morgan fingerprint density at radius 3 is 2.52 bits per heavy atom. The molecule has 1 aliphatic rings. The molecule has 1 saturated heterocycles. The number of carbonyl (C=O) groups is 1. The smallest absolute Gasteiger partial charge is 0.337 e. The minimum absolute atomic E-state index is 0.187. The SMILES string of the molecule is COC(=O)c1ccc2c(=O)n(-c3cccc(Cl)c3)c(N3CCCCCC3)nc2c1. The van der Waals surface area contributed by atoms with Crippen LogP contribution in [0.3, 0.4) is 0 Å². The molecular weight excluding hydrogens is 390 g/mol. The van der Waals surface area contributed by atoms with Crippen LogP contribution in [0.1, 0.15) is 36.0 Å². The molecule has 0 radical (unpaired) electrons. The van der Waals surface area contributed by atoms with Gasteiger partial charge in [-0.05, 0) is 49.2 Å². The third-order valence-corrected chi connectivity index (χ3v) is 5.46. The number of carbonyl (C=O) groups excluding carboxylic acids is 1. The van der Waals surface area contributed by atoms with Gasteiger partial charge in [-0.2, -0.15) is 0 Å². The second-order valence-electron chi connectivity index (χ2n) is 7.16. The van der Waals surface area contributed by atoms with Gasteiger partial charge in [0.25, 0.3) is 5.56 Å². The van der Waals surface area contributed by atoms with Gasteiger partial charge in [0.05, 0.1) is 29.3 Å². The predicted octanol–water partition coefficient (Wildman–Crippen LogP) is 4.21. The maximum absolute atomic E-state index is 13.5. The standard InChI is InChI=1S/C22H22ClN3O3/c1-29-21(28)15-9-10-18-19(13-15)24-22(25-11-4-2-3-5-12-25)26(20(18)27)17-8-6-7-16(23)14-17/h6-10,13-14H,2-5,11-12H2,1H3. The van der Waals surface area contributed by atoms with Crippen molar-refractivity contribution in [2.24, 2.45) is 0 Å². The van der Waals surface area contributed by atoms with E-state index in [1.807, 2.05) is 12.1 Å². The molecule has 4 rings (SSSR count). The van der Waals surface area contributed by atoms with Crippen molar-refractivity contribution in [3.63, 3.8) is 0 Å². The monoisotopic (exact) mass is 411 g/mol. The molecule has 0 spiro atoms. The first-order chi connectivity index (χ1) is 14.1. The highest BCUT2D eigenvalue weighted by Gasteiger charge is 2.20. The van der Waals surface area contributed by atoms with Crippen LogP contribution in [0.2, 0.25) is 5.02 Å². The highest BCUT2D eigenvalue weighted by molar-refractivity contribution is 6.30. The Morgan fingerprint density at radius 2 is 1.83 bits per heavy atom. The van der Waals surface area contributed by atoms with Crippen molar-refractivity contribution < 1.29 is 9.53 Å². The first-order valence-corrected chi connectivity index (χ1v) is 10.1. The average Bonchev–Trinajstić information content (AvgIpc) is 3.02. The number of rotatable bonds is 3. The fourth-order valence-electron chi connectivity index (χ4n) is 3.75. The number of hydrogen-bond donors (Lipinski definition) is 0. The van der Waals surface area contributed by atoms with Crippen LogP contribution in [0, 0.1) is 0 Å². The average molecular weight is 412 g/mol. The summed E-state index contributed by atoms with van der Waals surface area (Å²) in [6.45, 7) is 1.66. The van der Waals surface area contributed by atoms with Gasteiger partial charge in [0.1, 0.15) is 0 Å². The number of fused-ring (bicyclic) bond motifs is 1. The molecule has 0 unspecified atom stereocenters. The molecule has 0 saturated carbocycles. The number of halogens is 1. The van der Waals surface area contributed by atoms with Crippen molar-refractivity contribution in [3.05, 3.63) is 63.4 Å². The molecule has 2 heterocycles. The molecule has 0 bridgehead atoms. The lowest BCUT2D eigenvalue weighted by Gasteiger charge is -2.25. The summed E-state index contributed by atoms with van der Waals surface area (Å²) >= 11 is 6.20. The quantitative estimate of drug-likeness (QED) is 0.604. The van der Waals surface area contributed by atoms with E-state index in [0.717, 1.165) is 38.8 Å². The van der Waals surface area contributed by atoms with Crippen LogP contribution in [0.25, 0.3) is 16.6 Å². The Labute approximate surface area is 173 Å². The van der Waals surface area contributed by atoms with E-state index in [4.69, 9.17) is 21.3 Å². The van der Waals surface area contributed by atoms with E-state index in [1.165, 1.54) is 7.11 Å². The minimum Gasteiger partial charge on any atom is -0.465 e. The fourth-order valence-corrected chi connectivity index (χ4v) is 3.93. The molecule has 2 aromatic carbocycles. The van der Waals surface area contributed by atoms with Crippen molar-refractivity contribution in [3.8, 4) is 5.69 Å². The van der Waals surface area contributed by atoms with Crippen LogP contribution in [0.15, 0.2) is 47.3 Å². The van der Waals surface area contributed by atoms with Crippen LogP contribution >= 0.6 is 11.6 Å². The third kappa shape index (κ3) is 3.85. The molecule has 0 N–H and O–H groups in total. The lowest BCUT2D eigenvalue weighted by molar-refractivity contribution is 0.0601. The number of anilines is 1. The van der Waals surface area contributed by atoms with Crippen LogP contribution in [-0.2, 0) is 4.74 Å². The Balaban J connectivity index is 1.97. The largest absolute Gasteiger partial charge is 0.465 e. The van der Waals surface area contributed by atoms with Crippen LogP contribution in [0.4, 0.5) is 5.95 Å². The molecule has 7 heteroatoms. The van der Waals surface area contributed by atoms with Crippen molar-refractivity contribution in [2.45, 2.75) is 25.7 Å². The second kappa shape index (κ2) is 8.25. The summed E-state index contributed by atoms with van der Waals surface area (Å²) in [5.41, 5.74) is 1.34. The van der Waals surface area contributed by atoms with Gasteiger partial charge in [0, 0.05) is 18.1 Å². The number of esters is 1. The van der Waals surface area contributed by atoms with E-state index >= 15 is 0 Å². The number of benzene rings is 2. The van der Waals surface area contributed by atoms with Gasteiger partial charge in [-0.25, -0.2) is 14.3 Å². The normalized spacial score (nSPS) is 14.6. The Bertz CT molecular complexity index is 1120. The number of methoxy groups -OCH3 is 1. The highest BCUT2D eigenvalue weighted by Crippen LogP contribution is 2.24. The highest BCUT2D eigenvalue weighted by atomic mass is 35.5. The number of ether oxygens (including phenoxy) is 1. The summed E-state index contributed by atoms with van der Waals surface area (Å²) in [5, 5.41) is 0.994. The number of hydrogen-bond acceptors (Lipinski definition) is 5. The van der Waals surface area contributed by atoms with E-state index < -0.39 is 5.97 Å². The molecular formula is C22H22ClN3O3. The van der Waals surface area contributed by atoms with Gasteiger partial charge < -0.3 is 9.64 Å². The topological polar surface area (TPSA) is 64.4 Å². The zero-order valence-corrected chi connectivity index (χ0v) is 17.0. The van der Waals surface area contributed by atoms with Crippen LogP contribution in [0.5, 0.6) is 0 Å². The number of nitrogens with zero attached hydrogens (tertiary/aromatic N) is 3. The van der Waals surface area contributed by atoms with Gasteiger partial charge in [-0.15, -0.1) is 0 Å². The molecule has 1 fully saturated rings. The van der Waals surface area contributed by atoms with Gasteiger partial charge in [-0.1, -0.05) is 30.5 Å². The van der Waals surface area contributed by atoms with Crippen molar-refractivity contribution in [1.29, 1.82) is 0 Å². The lowest BCUT2D eigenvalue weighted by atomic mass is 10.1. The number of aromatic nitrogens is 2. The minimum atomic E-state index is -0.455. The predicted molar refractivity (Wildman–Crippen MR) is 114 cm³/mol. The van der Waals surface area contributed by atoms with Gasteiger partial charge >= 0.3 is 5.97 Å². The van der Waals surface area contributed by atoms with Gasteiger partial charge in [-0.3, -0.25) is 4.79 Å². The molecule has 1 aromatic heterocycles. The molecule has 6 nitrogen and oxygen atoms in total. The lowest BCUT2D eigenvalue weighted by Crippen LogP contribution is -2.33.